The van der Waals surface area contributed by atoms with Crippen molar-refractivity contribution in [2.75, 3.05) is 6.61 Å². The minimum Gasteiger partial charge on any atom is -0.483 e. The van der Waals surface area contributed by atoms with Crippen molar-refractivity contribution < 1.29 is 19.1 Å². The molecule has 39 heavy (non-hydrogen) atoms. The molecule has 0 N–H and O–H groups in total. The molecular formula is C33H32N2O4. The van der Waals surface area contributed by atoms with E-state index < -0.39 is 23.9 Å². The van der Waals surface area contributed by atoms with Gasteiger partial charge in [0, 0.05) is 41.7 Å². The van der Waals surface area contributed by atoms with E-state index in [9.17, 15) is 9.59 Å². The lowest BCUT2D eigenvalue weighted by Gasteiger charge is -2.34. The third kappa shape index (κ3) is 4.60. The topological polar surface area (TPSA) is 60.8 Å². The standard InChI is InChI=1S/C33H32N2O4/c1-3-38-33(37)31-29-26(18-22(2)39-31)32(36)35(20-24-14-8-5-9-15-24)30(29)27-21-34(19-23-12-6-4-7-13-23)28-17-11-10-16-25(27)28/h4-18,21,26,29-31H,3,19-20H2,1-2H3/t26-,29-,30+,31+/m1/s1. The molecule has 2 aliphatic rings. The molecule has 2 aliphatic heterocycles. The second-order valence-corrected chi connectivity index (χ2v) is 10.3. The molecule has 0 saturated carbocycles. The first-order chi connectivity index (χ1) is 19.0. The summed E-state index contributed by atoms with van der Waals surface area (Å²) in [6.45, 7) is 4.98. The predicted molar refractivity (Wildman–Crippen MR) is 149 cm³/mol. The number of benzene rings is 3. The maximum atomic E-state index is 14.1. The molecule has 1 aromatic heterocycles. The van der Waals surface area contributed by atoms with Gasteiger partial charge in [-0.15, -0.1) is 0 Å². The number of aromatic nitrogens is 1. The molecule has 0 unspecified atom stereocenters. The molecule has 1 amide bonds. The summed E-state index contributed by atoms with van der Waals surface area (Å²) in [7, 11) is 0. The van der Waals surface area contributed by atoms with Crippen LogP contribution in [0.15, 0.2) is 103 Å². The Morgan fingerprint density at radius 3 is 2.23 bits per heavy atom. The minimum absolute atomic E-state index is 0.00527. The third-order valence-electron chi connectivity index (χ3n) is 7.81. The first kappa shape index (κ1) is 25.0. The van der Waals surface area contributed by atoms with Crippen LogP contribution in [0.2, 0.25) is 0 Å². The number of likely N-dealkylation sites (tertiary alicyclic amines) is 1. The number of esters is 1. The first-order valence-corrected chi connectivity index (χ1v) is 13.5. The normalized spacial score (nSPS) is 22.4. The summed E-state index contributed by atoms with van der Waals surface area (Å²) in [4.78, 5) is 29.3. The van der Waals surface area contributed by atoms with Gasteiger partial charge in [-0.25, -0.2) is 4.79 Å². The van der Waals surface area contributed by atoms with E-state index in [4.69, 9.17) is 9.47 Å². The molecule has 0 spiro atoms. The van der Waals surface area contributed by atoms with E-state index >= 15 is 0 Å². The zero-order valence-electron chi connectivity index (χ0n) is 22.2. The van der Waals surface area contributed by atoms with Crippen molar-refractivity contribution in [1.29, 1.82) is 0 Å². The lowest BCUT2D eigenvalue weighted by molar-refractivity contribution is -0.160. The Hall–Kier alpha value is -4.32. The molecule has 0 radical (unpaired) electrons. The van der Waals surface area contributed by atoms with Crippen LogP contribution < -0.4 is 0 Å². The molecule has 0 bridgehead atoms. The highest BCUT2D eigenvalue weighted by Gasteiger charge is 2.56. The van der Waals surface area contributed by atoms with Gasteiger partial charge in [-0.05, 0) is 37.1 Å². The van der Waals surface area contributed by atoms with Crippen LogP contribution in [0.5, 0.6) is 0 Å². The number of carbonyl (C=O) groups is 2. The average Bonchev–Trinajstić information content (AvgIpc) is 3.44. The fourth-order valence-corrected chi connectivity index (χ4v) is 6.19. The van der Waals surface area contributed by atoms with Crippen LogP contribution in [0.25, 0.3) is 10.9 Å². The summed E-state index contributed by atoms with van der Waals surface area (Å²) in [6, 6.07) is 28.3. The van der Waals surface area contributed by atoms with Gasteiger partial charge in [-0.2, -0.15) is 0 Å². The summed E-state index contributed by atoms with van der Waals surface area (Å²) < 4.78 is 13.8. The van der Waals surface area contributed by atoms with E-state index in [1.807, 2.05) is 71.6 Å². The van der Waals surface area contributed by atoms with Gasteiger partial charge in [-0.3, -0.25) is 4.79 Å². The number of hydrogen-bond donors (Lipinski definition) is 0. The fourth-order valence-electron chi connectivity index (χ4n) is 6.19. The lowest BCUT2D eigenvalue weighted by Crippen LogP contribution is -2.41. The zero-order chi connectivity index (χ0) is 26.9. The number of carbonyl (C=O) groups excluding carboxylic acids is 2. The van der Waals surface area contributed by atoms with Crippen molar-refractivity contribution in [3.63, 3.8) is 0 Å². The van der Waals surface area contributed by atoms with Gasteiger partial charge in [0.25, 0.3) is 0 Å². The van der Waals surface area contributed by atoms with E-state index in [1.165, 1.54) is 5.56 Å². The van der Waals surface area contributed by atoms with Crippen LogP contribution in [-0.2, 0) is 32.2 Å². The van der Waals surface area contributed by atoms with Crippen LogP contribution in [0, 0.1) is 11.8 Å². The molecule has 4 aromatic rings. The van der Waals surface area contributed by atoms with Crippen molar-refractivity contribution in [3.8, 4) is 0 Å². The highest BCUT2D eigenvalue weighted by Crippen LogP contribution is 2.50. The molecule has 1 saturated heterocycles. The van der Waals surface area contributed by atoms with E-state index in [0.29, 0.717) is 18.8 Å². The Bertz CT molecular complexity index is 1530. The van der Waals surface area contributed by atoms with E-state index in [0.717, 1.165) is 22.0 Å². The quantitative estimate of drug-likeness (QED) is 0.286. The molecule has 6 heteroatoms. The highest BCUT2D eigenvalue weighted by molar-refractivity contribution is 5.90. The van der Waals surface area contributed by atoms with Gasteiger partial charge in [0.1, 0.15) is 0 Å². The van der Waals surface area contributed by atoms with Crippen molar-refractivity contribution in [2.45, 2.75) is 39.1 Å². The number of fused-ring (bicyclic) bond motifs is 2. The Balaban J connectivity index is 1.51. The van der Waals surface area contributed by atoms with E-state index in [1.54, 1.807) is 13.8 Å². The largest absolute Gasteiger partial charge is 0.483 e. The van der Waals surface area contributed by atoms with E-state index in [2.05, 4.69) is 35.0 Å². The van der Waals surface area contributed by atoms with Crippen LogP contribution in [0.1, 0.15) is 36.6 Å². The zero-order valence-corrected chi connectivity index (χ0v) is 22.2. The number of nitrogens with zero attached hydrogens (tertiary/aromatic N) is 2. The maximum Gasteiger partial charge on any atom is 0.347 e. The van der Waals surface area contributed by atoms with E-state index in [-0.39, 0.29) is 18.6 Å². The summed E-state index contributed by atoms with van der Waals surface area (Å²) in [6.07, 6.45) is 3.17. The maximum absolute atomic E-state index is 14.1. The van der Waals surface area contributed by atoms with Crippen molar-refractivity contribution >= 4 is 22.8 Å². The van der Waals surface area contributed by atoms with Gasteiger partial charge < -0.3 is 18.9 Å². The molecular weight excluding hydrogens is 488 g/mol. The number of rotatable bonds is 7. The Morgan fingerprint density at radius 1 is 0.897 bits per heavy atom. The molecule has 3 heterocycles. The number of hydrogen-bond acceptors (Lipinski definition) is 4. The Labute approximate surface area is 228 Å². The van der Waals surface area contributed by atoms with Gasteiger partial charge in [0.2, 0.25) is 12.0 Å². The van der Waals surface area contributed by atoms with Crippen LogP contribution in [-0.4, -0.2) is 34.1 Å². The molecule has 4 atom stereocenters. The summed E-state index contributed by atoms with van der Waals surface area (Å²) >= 11 is 0. The Kier molecular flexibility index (Phi) is 6.69. The number of para-hydroxylation sites is 1. The average molecular weight is 521 g/mol. The fraction of sp³-hybridized carbons (Fsp3) is 0.273. The Morgan fingerprint density at radius 2 is 1.54 bits per heavy atom. The number of amides is 1. The van der Waals surface area contributed by atoms with Gasteiger partial charge >= 0.3 is 5.97 Å². The molecule has 0 aliphatic carbocycles. The molecule has 198 valence electrons. The van der Waals surface area contributed by atoms with Crippen molar-refractivity contribution in [3.05, 3.63) is 120 Å². The van der Waals surface area contributed by atoms with Crippen LogP contribution in [0.3, 0.4) is 0 Å². The number of allylic oxidation sites excluding steroid dienone is 1. The molecule has 3 aromatic carbocycles. The second kappa shape index (κ2) is 10.4. The smallest absolute Gasteiger partial charge is 0.347 e. The molecule has 6 rings (SSSR count). The van der Waals surface area contributed by atoms with Gasteiger partial charge in [0.05, 0.1) is 24.3 Å². The van der Waals surface area contributed by atoms with Crippen molar-refractivity contribution in [1.82, 2.24) is 9.47 Å². The predicted octanol–water partition coefficient (Wildman–Crippen LogP) is 5.87. The summed E-state index contributed by atoms with van der Waals surface area (Å²) in [5.41, 5.74) is 4.33. The minimum atomic E-state index is -0.870. The number of ether oxygens (including phenoxy) is 2. The monoisotopic (exact) mass is 520 g/mol. The lowest BCUT2D eigenvalue weighted by atomic mass is 9.80. The van der Waals surface area contributed by atoms with Gasteiger partial charge in [-0.1, -0.05) is 78.9 Å². The molecule has 1 fully saturated rings. The van der Waals surface area contributed by atoms with Crippen molar-refractivity contribution in [2.24, 2.45) is 11.8 Å². The first-order valence-electron chi connectivity index (χ1n) is 13.5. The highest BCUT2D eigenvalue weighted by atomic mass is 16.6. The third-order valence-corrected chi connectivity index (χ3v) is 7.81. The summed E-state index contributed by atoms with van der Waals surface area (Å²) in [5, 5.41) is 1.07. The molecule has 6 nitrogen and oxygen atoms in total. The van der Waals surface area contributed by atoms with Crippen LogP contribution >= 0.6 is 0 Å². The summed E-state index contributed by atoms with van der Waals surface area (Å²) in [5.74, 6) is -0.731. The van der Waals surface area contributed by atoms with Crippen LogP contribution in [0.4, 0.5) is 0 Å². The SMILES string of the molecule is CCOC(=O)[C@H]1OC(C)=C[C@H]2C(=O)N(Cc3ccccc3)[C@@H](c3cn(Cc4ccccc4)c4ccccc34)[C@H]12. The van der Waals surface area contributed by atoms with Gasteiger partial charge in [0.15, 0.2) is 0 Å². The second-order valence-electron chi connectivity index (χ2n) is 10.3.